The number of carbonyl (C=O) groups is 2. The lowest BCUT2D eigenvalue weighted by molar-refractivity contribution is -0.123. The number of benzene rings is 3. The molecule has 6 nitrogen and oxygen atoms in total. The molecular formula is C24H16BrClFNO5S2. The van der Waals surface area contributed by atoms with Crippen molar-refractivity contribution in [3.05, 3.63) is 97.6 Å². The average molecular weight is 597 g/mol. The van der Waals surface area contributed by atoms with Crippen LogP contribution in [0.2, 0.25) is 5.02 Å². The van der Waals surface area contributed by atoms with Gasteiger partial charge in [0.15, 0.2) is 5.75 Å². The quantitative estimate of drug-likeness (QED) is 0.237. The summed E-state index contributed by atoms with van der Waals surface area (Å²) < 4.78 is 44.0. The minimum Gasteiger partial charge on any atom is -0.378 e. The van der Waals surface area contributed by atoms with Gasteiger partial charge in [-0.25, -0.2) is 4.39 Å². The van der Waals surface area contributed by atoms with E-state index in [9.17, 15) is 22.4 Å². The van der Waals surface area contributed by atoms with Crippen LogP contribution in [0.25, 0.3) is 6.08 Å². The number of amides is 2. The van der Waals surface area contributed by atoms with Crippen molar-refractivity contribution in [2.24, 2.45) is 0 Å². The molecule has 35 heavy (non-hydrogen) atoms. The summed E-state index contributed by atoms with van der Waals surface area (Å²) in [5.74, 6) is -0.960. The van der Waals surface area contributed by atoms with E-state index in [1.54, 1.807) is 24.3 Å². The molecule has 1 aliphatic rings. The molecule has 4 rings (SSSR count). The number of aryl methyl sites for hydroxylation is 1. The molecule has 1 fully saturated rings. The van der Waals surface area contributed by atoms with Crippen LogP contribution in [0.4, 0.5) is 9.18 Å². The largest absolute Gasteiger partial charge is 0.378 e. The second-order valence-corrected chi connectivity index (χ2v) is 11.3. The number of carbonyl (C=O) groups excluding carboxylic acids is 2. The van der Waals surface area contributed by atoms with E-state index in [1.165, 1.54) is 36.4 Å². The van der Waals surface area contributed by atoms with E-state index in [1.807, 2.05) is 6.92 Å². The van der Waals surface area contributed by atoms with Crippen LogP contribution in [0.1, 0.15) is 16.7 Å². The molecule has 3 aromatic rings. The fourth-order valence-corrected chi connectivity index (χ4v) is 5.75. The normalized spacial score (nSPS) is 15.2. The van der Waals surface area contributed by atoms with Gasteiger partial charge in [-0.2, -0.15) is 8.42 Å². The van der Waals surface area contributed by atoms with Crippen LogP contribution in [-0.2, 0) is 21.5 Å². The Labute approximate surface area is 219 Å². The highest BCUT2D eigenvalue weighted by Gasteiger charge is 2.35. The maximum atomic E-state index is 13.3. The maximum Gasteiger partial charge on any atom is 0.339 e. The molecule has 0 bridgehead atoms. The zero-order valence-corrected chi connectivity index (χ0v) is 22.0. The van der Waals surface area contributed by atoms with E-state index in [0.29, 0.717) is 15.6 Å². The molecule has 0 spiro atoms. The number of thioether (sulfide) groups is 1. The molecule has 180 valence electrons. The van der Waals surface area contributed by atoms with E-state index in [2.05, 4.69) is 15.9 Å². The van der Waals surface area contributed by atoms with Gasteiger partial charge in [0.05, 0.1) is 15.9 Å². The third-order valence-corrected chi connectivity index (χ3v) is 8.11. The van der Waals surface area contributed by atoms with Crippen molar-refractivity contribution in [2.75, 3.05) is 0 Å². The van der Waals surface area contributed by atoms with Crippen LogP contribution in [0.5, 0.6) is 5.75 Å². The van der Waals surface area contributed by atoms with Gasteiger partial charge in [0.2, 0.25) is 0 Å². The number of imide groups is 1. The van der Waals surface area contributed by atoms with Gasteiger partial charge < -0.3 is 4.18 Å². The van der Waals surface area contributed by atoms with E-state index >= 15 is 0 Å². The molecule has 0 aliphatic carbocycles. The monoisotopic (exact) mass is 595 g/mol. The Bertz CT molecular complexity index is 1480. The van der Waals surface area contributed by atoms with Crippen LogP contribution in [0.15, 0.2) is 74.9 Å². The molecule has 0 aromatic heterocycles. The predicted octanol–water partition coefficient (Wildman–Crippen LogP) is 6.55. The molecule has 0 saturated carbocycles. The Morgan fingerprint density at radius 3 is 2.46 bits per heavy atom. The molecule has 0 radical (unpaired) electrons. The molecule has 0 atom stereocenters. The number of halogens is 3. The number of hydrogen-bond donors (Lipinski definition) is 0. The lowest BCUT2D eigenvalue weighted by Gasteiger charge is -2.13. The smallest absolute Gasteiger partial charge is 0.339 e. The number of hydrogen-bond acceptors (Lipinski definition) is 6. The van der Waals surface area contributed by atoms with Crippen molar-refractivity contribution >= 4 is 66.6 Å². The third kappa shape index (κ3) is 5.78. The summed E-state index contributed by atoms with van der Waals surface area (Å²) in [6.45, 7) is 1.76. The first-order chi connectivity index (χ1) is 16.5. The Kier molecular flexibility index (Phi) is 7.37. The minimum absolute atomic E-state index is 0.0222. The van der Waals surface area contributed by atoms with Crippen molar-refractivity contribution in [1.29, 1.82) is 0 Å². The number of rotatable bonds is 6. The van der Waals surface area contributed by atoms with E-state index in [4.69, 9.17) is 15.8 Å². The molecule has 1 heterocycles. The van der Waals surface area contributed by atoms with Gasteiger partial charge in [-0.15, -0.1) is 0 Å². The Morgan fingerprint density at radius 2 is 1.80 bits per heavy atom. The van der Waals surface area contributed by atoms with Crippen molar-refractivity contribution in [1.82, 2.24) is 4.90 Å². The molecule has 0 N–H and O–H groups in total. The van der Waals surface area contributed by atoms with Crippen molar-refractivity contribution in [3.8, 4) is 5.75 Å². The zero-order valence-electron chi connectivity index (χ0n) is 18.0. The second-order valence-electron chi connectivity index (χ2n) is 7.54. The summed E-state index contributed by atoms with van der Waals surface area (Å²) in [5, 5.41) is -0.363. The van der Waals surface area contributed by atoms with Crippen LogP contribution < -0.4 is 4.18 Å². The van der Waals surface area contributed by atoms with Gasteiger partial charge >= 0.3 is 10.1 Å². The van der Waals surface area contributed by atoms with Crippen LogP contribution in [-0.4, -0.2) is 24.5 Å². The molecule has 1 aliphatic heterocycles. The van der Waals surface area contributed by atoms with E-state index in [-0.39, 0.29) is 27.1 Å². The first kappa shape index (κ1) is 25.4. The van der Waals surface area contributed by atoms with Gasteiger partial charge in [0.1, 0.15) is 10.7 Å². The molecule has 0 unspecified atom stereocenters. The van der Waals surface area contributed by atoms with Crippen LogP contribution in [0.3, 0.4) is 0 Å². The van der Waals surface area contributed by atoms with Gasteiger partial charge in [-0.3, -0.25) is 14.5 Å². The Balaban J connectivity index is 1.52. The highest BCUT2D eigenvalue weighted by atomic mass is 79.9. The summed E-state index contributed by atoms with van der Waals surface area (Å²) >= 11 is 10.1. The molecule has 3 aromatic carbocycles. The molecular weight excluding hydrogens is 581 g/mol. The summed E-state index contributed by atoms with van der Waals surface area (Å²) in [5.41, 5.74) is 1.90. The Morgan fingerprint density at radius 1 is 1.09 bits per heavy atom. The summed E-state index contributed by atoms with van der Waals surface area (Å²) in [4.78, 5) is 26.4. The van der Waals surface area contributed by atoms with Gasteiger partial charge in [-0.1, -0.05) is 41.4 Å². The molecule has 11 heteroatoms. The first-order valence-electron chi connectivity index (χ1n) is 10.0. The highest BCUT2D eigenvalue weighted by Crippen LogP contribution is 2.36. The fourth-order valence-electron chi connectivity index (χ4n) is 3.15. The average Bonchev–Trinajstić information content (AvgIpc) is 3.05. The lowest BCUT2D eigenvalue weighted by atomic mass is 10.2. The Hall–Kier alpha value is -2.66. The third-order valence-electron chi connectivity index (χ3n) is 4.98. The van der Waals surface area contributed by atoms with Crippen molar-refractivity contribution in [3.63, 3.8) is 0 Å². The van der Waals surface area contributed by atoms with E-state index in [0.717, 1.165) is 28.3 Å². The van der Waals surface area contributed by atoms with E-state index < -0.39 is 27.1 Å². The van der Waals surface area contributed by atoms with Crippen molar-refractivity contribution < 1.29 is 26.6 Å². The van der Waals surface area contributed by atoms with Crippen molar-refractivity contribution in [2.45, 2.75) is 18.4 Å². The van der Waals surface area contributed by atoms with Crippen LogP contribution >= 0.6 is 39.3 Å². The SMILES string of the molecule is Cc1ccc(S(=O)(=O)Oc2ccc(/C=C3\SC(=O)N(Cc4ccc(F)cc4Cl)C3=O)cc2Br)cc1. The summed E-state index contributed by atoms with van der Waals surface area (Å²) in [7, 11) is -4.04. The summed E-state index contributed by atoms with van der Waals surface area (Å²) in [6, 6.07) is 14.6. The fraction of sp³-hybridized carbons (Fsp3) is 0.0833. The van der Waals surface area contributed by atoms with Gasteiger partial charge in [0.25, 0.3) is 11.1 Å². The second kappa shape index (κ2) is 10.1. The molecule has 2 amide bonds. The van der Waals surface area contributed by atoms with Gasteiger partial charge in [-0.05, 0) is 88.2 Å². The first-order valence-corrected chi connectivity index (χ1v) is 13.4. The highest BCUT2D eigenvalue weighted by molar-refractivity contribution is 9.10. The minimum atomic E-state index is -4.04. The predicted molar refractivity (Wildman–Crippen MR) is 136 cm³/mol. The number of nitrogens with zero attached hydrogens (tertiary/aromatic N) is 1. The molecule has 1 saturated heterocycles. The summed E-state index contributed by atoms with van der Waals surface area (Å²) in [6.07, 6.45) is 1.51. The lowest BCUT2D eigenvalue weighted by Crippen LogP contribution is -2.27. The topological polar surface area (TPSA) is 80.8 Å². The maximum absolute atomic E-state index is 13.3. The van der Waals surface area contributed by atoms with Gasteiger partial charge in [0, 0.05) is 5.02 Å². The zero-order chi connectivity index (χ0) is 25.3. The standard InChI is InChI=1S/C24H16BrClFNO5S2/c1-14-2-7-18(8-3-14)35(31,32)33-21-9-4-15(10-19(21)25)11-22-23(29)28(24(30)34-22)13-16-5-6-17(27)12-20(16)26/h2-12H,13H2,1H3/b22-11-. The van der Waals surface area contributed by atoms with Crippen LogP contribution in [0, 0.1) is 12.7 Å².